The molecule has 10 nitrogen and oxygen atoms in total. The summed E-state index contributed by atoms with van der Waals surface area (Å²) in [5, 5.41) is 24.8. The maximum absolute atomic E-state index is 14.6. The van der Waals surface area contributed by atoms with Crippen molar-refractivity contribution in [2.45, 2.75) is 205 Å². The summed E-state index contributed by atoms with van der Waals surface area (Å²) in [4.78, 5) is 40.3. The molecular weight excluding hydrogens is 781 g/mol. The molecule has 4 spiro atoms. The molecule has 4 aliphatic heterocycles. The highest BCUT2D eigenvalue weighted by atomic mass is 16.7. The molecule has 6 saturated carbocycles. The quantitative estimate of drug-likeness (QED) is 0.274. The second-order valence-corrected chi connectivity index (χ2v) is 25.8. The predicted molar refractivity (Wildman–Crippen MR) is 227 cm³/mol. The Balaban J connectivity index is 0.749. The lowest BCUT2D eigenvalue weighted by Crippen LogP contribution is -2.53. The number of ether oxygens (including phenoxy) is 4. The van der Waals surface area contributed by atoms with Crippen molar-refractivity contribution in [1.82, 2.24) is 9.97 Å². The van der Waals surface area contributed by atoms with Gasteiger partial charge in [0.2, 0.25) is 0 Å². The van der Waals surface area contributed by atoms with Crippen LogP contribution < -0.4 is 0 Å². The molecule has 0 aromatic carbocycles. The van der Waals surface area contributed by atoms with E-state index in [1.165, 1.54) is 0 Å². The summed E-state index contributed by atoms with van der Waals surface area (Å²) in [6.45, 7) is 17.8. The van der Waals surface area contributed by atoms with Gasteiger partial charge in [-0.3, -0.25) is 19.6 Å². The number of rotatable bonds is 0. The molecule has 338 valence electrons. The smallest absolute Gasteiger partial charge is 0.172 e. The number of Topliss-reactive ketones (excluding diaryl/α,β-unsaturated/α-hetero) is 2. The highest BCUT2D eigenvalue weighted by Gasteiger charge is 2.76. The number of fused-ring (bicyclic) bond motifs is 12. The lowest BCUT2D eigenvalue weighted by molar-refractivity contribution is -0.255. The first-order valence-electron chi connectivity index (χ1n) is 25.3. The van der Waals surface area contributed by atoms with Gasteiger partial charge in [-0.1, -0.05) is 27.7 Å². The fourth-order valence-corrected chi connectivity index (χ4v) is 19.3. The number of aromatic nitrogens is 2. The number of ketones is 2. The van der Waals surface area contributed by atoms with Gasteiger partial charge in [0, 0.05) is 49.4 Å². The summed E-state index contributed by atoms with van der Waals surface area (Å²) < 4.78 is 26.9. The number of nitrogens with zero attached hydrogens (tertiary/aromatic N) is 2. The van der Waals surface area contributed by atoms with Crippen LogP contribution in [0, 0.1) is 80.8 Å². The van der Waals surface area contributed by atoms with Crippen molar-refractivity contribution < 1.29 is 38.7 Å². The van der Waals surface area contributed by atoms with E-state index in [0.29, 0.717) is 37.5 Å². The molecule has 62 heavy (non-hydrogen) atoms. The maximum Gasteiger partial charge on any atom is 0.172 e. The third kappa shape index (κ3) is 4.75. The fourth-order valence-electron chi connectivity index (χ4n) is 19.3. The number of hydrogen-bond donors (Lipinski definition) is 2. The first-order valence-corrected chi connectivity index (χ1v) is 25.3. The first kappa shape index (κ1) is 40.5. The Morgan fingerprint density at radius 1 is 0.532 bits per heavy atom. The Labute approximate surface area is 368 Å². The van der Waals surface area contributed by atoms with Crippen molar-refractivity contribution in [1.29, 1.82) is 0 Å². The number of aliphatic hydroxyl groups is 2. The van der Waals surface area contributed by atoms with Gasteiger partial charge in [-0.2, -0.15) is 0 Å². The van der Waals surface area contributed by atoms with Gasteiger partial charge < -0.3 is 29.2 Å². The average molecular weight is 853 g/mol. The maximum atomic E-state index is 14.6. The third-order valence-corrected chi connectivity index (χ3v) is 22.6. The van der Waals surface area contributed by atoms with Gasteiger partial charge in [0.15, 0.2) is 11.6 Å². The van der Waals surface area contributed by atoms with E-state index in [2.05, 4.69) is 55.4 Å². The first-order chi connectivity index (χ1) is 29.2. The van der Waals surface area contributed by atoms with Crippen molar-refractivity contribution in [3.05, 3.63) is 22.8 Å². The normalized spacial score (nSPS) is 56.9. The van der Waals surface area contributed by atoms with Gasteiger partial charge in [-0.15, -0.1) is 0 Å². The van der Waals surface area contributed by atoms with E-state index in [1.54, 1.807) is 0 Å². The summed E-state index contributed by atoms with van der Waals surface area (Å²) in [7, 11) is 0. The van der Waals surface area contributed by atoms with E-state index in [9.17, 15) is 19.8 Å². The monoisotopic (exact) mass is 853 g/mol. The largest absolute Gasteiger partial charge is 0.392 e. The van der Waals surface area contributed by atoms with Crippen LogP contribution in [0.2, 0.25) is 0 Å². The number of carbonyl (C=O) groups is 2. The highest BCUT2D eigenvalue weighted by molar-refractivity contribution is 5.90. The van der Waals surface area contributed by atoms with Crippen LogP contribution >= 0.6 is 0 Å². The zero-order chi connectivity index (χ0) is 43.1. The SMILES string of the molecule is C[C@H]1[C@@H]2[C@H](C[C@]3(C(=O)C[C@H]4[C@H]3CC[C@H]3Cc5nc6c(nc5C[C@@]34C)C[C@@H]3CC[C@@H]4[C@H](CC(=O)[C@]45C[C@@H]4O[C@@]7(CCC(C)(C)O7)[C@@H](C)[C@H]4[C@@H]5O)[C@@]3(C)C6)[C@H]2O)O[C@@]12CCC(C)(C)O2. The van der Waals surface area contributed by atoms with Gasteiger partial charge in [0.25, 0.3) is 0 Å². The Morgan fingerprint density at radius 3 is 1.29 bits per heavy atom. The molecule has 4 saturated heterocycles. The molecule has 0 amide bonds. The van der Waals surface area contributed by atoms with Crippen molar-refractivity contribution in [2.75, 3.05) is 0 Å². The van der Waals surface area contributed by atoms with Crippen LogP contribution in [0.4, 0.5) is 0 Å². The molecule has 8 aliphatic carbocycles. The number of hydrogen-bond acceptors (Lipinski definition) is 10. The van der Waals surface area contributed by atoms with Crippen molar-refractivity contribution in [2.24, 2.45) is 80.8 Å². The highest BCUT2D eigenvalue weighted by Crippen LogP contribution is 2.72. The van der Waals surface area contributed by atoms with Crippen LogP contribution in [0.15, 0.2) is 0 Å². The van der Waals surface area contributed by atoms with Crippen molar-refractivity contribution >= 4 is 11.6 Å². The van der Waals surface area contributed by atoms with Gasteiger partial charge >= 0.3 is 0 Å². The Hall–Kier alpha value is -1.82. The minimum atomic E-state index is -0.731. The van der Waals surface area contributed by atoms with Gasteiger partial charge in [0.1, 0.15) is 11.6 Å². The average Bonchev–Trinajstić information content (AvgIpc) is 4.06. The summed E-state index contributed by atoms with van der Waals surface area (Å²) in [5.74, 6) is 0.733. The molecule has 5 heterocycles. The summed E-state index contributed by atoms with van der Waals surface area (Å²) in [5.41, 5.74) is 2.47. The van der Waals surface area contributed by atoms with E-state index in [1.807, 2.05) is 0 Å². The van der Waals surface area contributed by atoms with Crippen LogP contribution in [0.25, 0.3) is 0 Å². The molecule has 0 radical (unpaired) electrons. The summed E-state index contributed by atoms with van der Waals surface area (Å²) in [6, 6.07) is 0. The molecule has 20 atom stereocenters. The minimum absolute atomic E-state index is 0.0396. The van der Waals surface area contributed by atoms with Gasteiger partial charge in [-0.25, -0.2) is 0 Å². The minimum Gasteiger partial charge on any atom is -0.392 e. The van der Waals surface area contributed by atoms with Crippen molar-refractivity contribution in [3.8, 4) is 0 Å². The predicted octanol–water partition coefficient (Wildman–Crippen LogP) is 7.29. The molecule has 2 N–H and O–H groups in total. The Kier molecular flexibility index (Phi) is 7.96. The second-order valence-electron chi connectivity index (χ2n) is 25.8. The van der Waals surface area contributed by atoms with Crippen LogP contribution in [0.1, 0.15) is 155 Å². The molecular formula is C52H72N2O8. The second kappa shape index (κ2) is 12.2. The van der Waals surface area contributed by atoms with E-state index in [0.717, 1.165) is 99.8 Å². The summed E-state index contributed by atoms with van der Waals surface area (Å²) >= 11 is 0. The zero-order valence-electron chi connectivity index (χ0n) is 38.6. The molecule has 0 unspecified atom stereocenters. The third-order valence-electron chi connectivity index (χ3n) is 22.6. The molecule has 13 rings (SSSR count). The number of carbonyl (C=O) groups excluding carboxylic acids is 2. The molecule has 10 fully saturated rings. The fraction of sp³-hybridized carbons (Fsp3) is 0.885. The molecule has 0 bridgehead atoms. The topological polar surface area (TPSA) is 137 Å². The van der Waals surface area contributed by atoms with E-state index in [4.69, 9.17) is 28.9 Å². The van der Waals surface area contributed by atoms with E-state index >= 15 is 0 Å². The van der Waals surface area contributed by atoms with Gasteiger partial charge in [-0.05, 0) is 151 Å². The van der Waals surface area contributed by atoms with Crippen LogP contribution in [-0.4, -0.2) is 78.9 Å². The molecule has 1 aromatic heterocycles. The Bertz CT molecular complexity index is 2030. The lowest BCUT2D eigenvalue weighted by atomic mass is 9.50. The van der Waals surface area contributed by atoms with Crippen LogP contribution in [0.3, 0.4) is 0 Å². The van der Waals surface area contributed by atoms with E-state index in [-0.39, 0.29) is 93.1 Å². The standard InChI is InChI=1S/C52H72N2O8/c1-25-41-37(59-51(25)15-13-45(3,4)61-51)23-49(43(41)57)29-11-9-27-17-33-35(21-47(27,7)31(29)19-39(49)55)53-34-18-28-10-12-30-32(48(28,8)22-36(34)54-33)20-40(56)50(30)24-38-42(44(50)58)26(2)52(60-38)16-14-46(5,6)62-52/h25-32,37-38,41-44,57-58H,9-24H2,1-8H3/t25-,26-,27-,28-,29+,30+,31-,32-,37-,38-,41+,42+,43-,44-,47-,48-,49-,50-,51+,52+/m0/s1. The summed E-state index contributed by atoms with van der Waals surface area (Å²) in [6.07, 6.45) is 11.7. The van der Waals surface area contributed by atoms with E-state index < -0.39 is 34.6 Å². The zero-order valence-corrected chi connectivity index (χ0v) is 38.6. The van der Waals surface area contributed by atoms with Crippen LogP contribution in [-0.2, 0) is 54.2 Å². The van der Waals surface area contributed by atoms with Crippen molar-refractivity contribution in [3.63, 3.8) is 0 Å². The van der Waals surface area contributed by atoms with Gasteiger partial charge in [0.05, 0.1) is 69.2 Å². The molecule has 10 heteroatoms. The number of aliphatic hydroxyl groups excluding tert-OH is 2. The van der Waals surface area contributed by atoms with Crippen LogP contribution in [0.5, 0.6) is 0 Å². The Morgan fingerprint density at radius 2 is 0.935 bits per heavy atom. The molecule has 12 aliphatic rings. The molecule has 1 aromatic rings. The lowest BCUT2D eigenvalue weighted by Gasteiger charge is -2.55.